The first-order valence-corrected chi connectivity index (χ1v) is 7.57. The first-order valence-electron chi connectivity index (χ1n) is 7.57. The number of carbonyl (C=O) groups is 1. The molecule has 1 unspecified atom stereocenters. The van der Waals surface area contributed by atoms with E-state index in [4.69, 9.17) is 0 Å². The van der Waals surface area contributed by atoms with Crippen LogP contribution in [0.25, 0.3) is 11.4 Å². The number of aryl methyl sites for hydroxylation is 1. The topological polar surface area (TPSA) is 112 Å². The van der Waals surface area contributed by atoms with Crippen LogP contribution in [0.3, 0.4) is 0 Å². The van der Waals surface area contributed by atoms with Crippen molar-refractivity contribution in [3.8, 4) is 11.4 Å². The van der Waals surface area contributed by atoms with Crippen molar-refractivity contribution in [2.75, 3.05) is 5.32 Å². The number of aromatic amines is 2. The summed E-state index contributed by atoms with van der Waals surface area (Å²) in [5, 5.41) is 19.9. The number of carbonyl (C=O) groups excluding carboxylic acids is 1. The molecule has 122 valence electrons. The van der Waals surface area contributed by atoms with Crippen LogP contribution in [0.1, 0.15) is 17.8 Å². The van der Waals surface area contributed by atoms with E-state index in [0.29, 0.717) is 24.8 Å². The van der Waals surface area contributed by atoms with E-state index in [-0.39, 0.29) is 23.6 Å². The van der Waals surface area contributed by atoms with Gasteiger partial charge in [0.1, 0.15) is 5.82 Å². The van der Waals surface area contributed by atoms with E-state index >= 15 is 0 Å². The number of hydrogen-bond donors (Lipinski definition) is 3. The van der Waals surface area contributed by atoms with E-state index in [1.807, 2.05) is 0 Å². The van der Waals surface area contributed by atoms with Gasteiger partial charge in [0.2, 0.25) is 11.9 Å². The molecule has 0 radical (unpaired) electrons. The first-order chi connectivity index (χ1) is 11.7. The molecule has 3 aromatic rings. The highest BCUT2D eigenvalue weighted by molar-refractivity contribution is 5.91. The summed E-state index contributed by atoms with van der Waals surface area (Å²) in [6.45, 7) is 0. The second kappa shape index (κ2) is 5.84. The molecule has 2 aromatic heterocycles. The van der Waals surface area contributed by atoms with Crippen LogP contribution in [0.5, 0.6) is 0 Å². The Balaban J connectivity index is 1.47. The Kier molecular flexibility index (Phi) is 3.52. The smallest absolute Gasteiger partial charge is 0.249 e. The molecule has 2 heterocycles. The fourth-order valence-corrected chi connectivity index (χ4v) is 2.81. The van der Waals surface area contributed by atoms with Gasteiger partial charge in [0, 0.05) is 12.3 Å². The molecule has 9 heteroatoms. The van der Waals surface area contributed by atoms with Crippen LogP contribution in [0.15, 0.2) is 24.3 Å². The molecule has 0 saturated carbocycles. The standard InChI is InChI=1S/C15H14FN7O/c16-10-4-2-1-3-9(10)13-17-15(22-21-13)18-14(24)8-5-6-11-12(7-8)20-23-19-11/h1-4,8H,5-7H2,(H,19,20,23)(H2,17,18,21,22,24). The molecule has 1 atom stereocenters. The van der Waals surface area contributed by atoms with E-state index in [1.165, 1.54) is 6.07 Å². The van der Waals surface area contributed by atoms with Crippen molar-refractivity contribution < 1.29 is 9.18 Å². The summed E-state index contributed by atoms with van der Waals surface area (Å²) in [6.07, 6.45) is 1.93. The third-order valence-corrected chi connectivity index (χ3v) is 4.09. The molecule has 1 amide bonds. The number of nitrogens with one attached hydrogen (secondary N) is 3. The lowest BCUT2D eigenvalue weighted by atomic mass is 9.89. The quantitative estimate of drug-likeness (QED) is 0.674. The van der Waals surface area contributed by atoms with Crippen LogP contribution in [0.2, 0.25) is 0 Å². The molecule has 1 aliphatic carbocycles. The van der Waals surface area contributed by atoms with Crippen molar-refractivity contribution in [3.05, 3.63) is 41.5 Å². The number of benzene rings is 1. The highest BCUT2D eigenvalue weighted by Crippen LogP contribution is 2.24. The van der Waals surface area contributed by atoms with E-state index in [2.05, 4.69) is 35.9 Å². The molecule has 1 aromatic carbocycles. The van der Waals surface area contributed by atoms with Gasteiger partial charge in [0.25, 0.3) is 0 Å². The third kappa shape index (κ3) is 2.64. The number of fused-ring (bicyclic) bond motifs is 1. The van der Waals surface area contributed by atoms with E-state index in [1.54, 1.807) is 18.2 Å². The lowest BCUT2D eigenvalue weighted by molar-refractivity contribution is -0.120. The Labute approximate surface area is 135 Å². The summed E-state index contributed by atoms with van der Waals surface area (Å²) in [4.78, 5) is 16.5. The van der Waals surface area contributed by atoms with Gasteiger partial charge < -0.3 is 0 Å². The SMILES string of the molecule is O=C(Nc1n[nH]c(-c2ccccc2F)n1)C1CCc2n[nH]nc2C1. The van der Waals surface area contributed by atoms with Gasteiger partial charge >= 0.3 is 0 Å². The molecule has 0 bridgehead atoms. The molecular weight excluding hydrogens is 313 g/mol. The Bertz CT molecular complexity index is 887. The highest BCUT2D eigenvalue weighted by Gasteiger charge is 2.28. The van der Waals surface area contributed by atoms with E-state index < -0.39 is 5.82 Å². The van der Waals surface area contributed by atoms with Crippen LogP contribution in [0.4, 0.5) is 10.3 Å². The zero-order chi connectivity index (χ0) is 16.5. The van der Waals surface area contributed by atoms with Gasteiger partial charge in [-0.25, -0.2) is 4.39 Å². The summed E-state index contributed by atoms with van der Waals surface area (Å²) in [6, 6.07) is 6.23. The highest BCUT2D eigenvalue weighted by atomic mass is 19.1. The monoisotopic (exact) mass is 327 g/mol. The van der Waals surface area contributed by atoms with Crippen molar-refractivity contribution in [2.24, 2.45) is 5.92 Å². The average molecular weight is 327 g/mol. The number of nitrogens with zero attached hydrogens (tertiary/aromatic N) is 4. The van der Waals surface area contributed by atoms with E-state index in [9.17, 15) is 9.18 Å². The normalized spacial score (nSPS) is 16.6. The Morgan fingerprint density at radius 2 is 2.04 bits per heavy atom. The fourth-order valence-electron chi connectivity index (χ4n) is 2.81. The van der Waals surface area contributed by atoms with Gasteiger partial charge in [0.15, 0.2) is 5.82 Å². The summed E-state index contributed by atoms with van der Waals surface area (Å²) in [5.41, 5.74) is 2.04. The predicted octanol–water partition coefficient (Wildman–Crippen LogP) is 1.47. The molecule has 1 aliphatic rings. The minimum absolute atomic E-state index is 0.129. The van der Waals surface area contributed by atoms with Gasteiger partial charge in [0.05, 0.1) is 17.0 Å². The Morgan fingerprint density at radius 1 is 1.21 bits per heavy atom. The number of H-pyrrole nitrogens is 2. The lowest BCUT2D eigenvalue weighted by Gasteiger charge is -2.18. The van der Waals surface area contributed by atoms with Crippen LogP contribution < -0.4 is 5.32 Å². The average Bonchev–Trinajstić information content (AvgIpc) is 3.23. The van der Waals surface area contributed by atoms with Crippen LogP contribution in [-0.2, 0) is 17.6 Å². The Morgan fingerprint density at radius 3 is 2.92 bits per heavy atom. The zero-order valence-electron chi connectivity index (χ0n) is 12.6. The molecule has 3 N–H and O–H groups in total. The number of rotatable bonds is 3. The minimum Gasteiger partial charge on any atom is -0.293 e. The minimum atomic E-state index is -0.405. The van der Waals surface area contributed by atoms with Crippen LogP contribution >= 0.6 is 0 Å². The number of hydrogen-bond acceptors (Lipinski definition) is 5. The van der Waals surface area contributed by atoms with Crippen molar-refractivity contribution in [1.29, 1.82) is 0 Å². The van der Waals surface area contributed by atoms with Gasteiger partial charge in [-0.3, -0.25) is 15.2 Å². The molecule has 0 spiro atoms. The van der Waals surface area contributed by atoms with Crippen molar-refractivity contribution in [1.82, 2.24) is 30.6 Å². The molecule has 0 aliphatic heterocycles. The van der Waals surface area contributed by atoms with Crippen molar-refractivity contribution in [2.45, 2.75) is 19.3 Å². The maximum atomic E-state index is 13.8. The number of anilines is 1. The van der Waals surface area contributed by atoms with Crippen molar-refractivity contribution in [3.63, 3.8) is 0 Å². The second-order valence-corrected chi connectivity index (χ2v) is 5.63. The second-order valence-electron chi connectivity index (χ2n) is 5.63. The van der Waals surface area contributed by atoms with Crippen LogP contribution in [-0.4, -0.2) is 36.5 Å². The summed E-state index contributed by atoms with van der Waals surface area (Å²) in [5.74, 6) is -0.395. The molecular formula is C15H14FN7O. The summed E-state index contributed by atoms with van der Waals surface area (Å²) in [7, 11) is 0. The molecule has 4 rings (SSSR count). The van der Waals surface area contributed by atoms with Gasteiger partial charge in [-0.05, 0) is 25.0 Å². The largest absolute Gasteiger partial charge is 0.293 e. The van der Waals surface area contributed by atoms with Crippen LogP contribution in [0, 0.1) is 11.7 Å². The summed E-state index contributed by atoms with van der Waals surface area (Å²) >= 11 is 0. The zero-order valence-corrected chi connectivity index (χ0v) is 12.6. The maximum Gasteiger partial charge on any atom is 0.249 e. The van der Waals surface area contributed by atoms with Gasteiger partial charge in [-0.2, -0.15) is 20.4 Å². The maximum absolute atomic E-state index is 13.8. The molecule has 0 saturated heterocycles. The number of halogens is 1. The molecule has 8 nitrogen and oxygen atoms in total. The molecule has 24 heavy (non-hydrogen) atoms. The molecule has 0 fully saturated rings. The van der Waals surface area contributed by atoms with Crippen molar-refractivity contribution >= 4 is 11.9 Å². The fraction of sp³-hybridized carbons (Fsp3) is 0.267. The lowest BCUT2D eigenvalue weighted by Crippen LogP contribution is -2.28. The number of amides is 1. The third-order valence-electron chi connectivity index (χ3n) is 4.09. The van der Waals surface area contributed by atoms with E-state index in [0.717, 1.165) is 11.4 Å². The predicted molar refractivity (Wildman–Crippen MR) is 82.3 cm³/mol. The number of aromatic nitrogens is 6. The first kappa shape index (κ1) is 14.5. The van der Waals surface area contributed by atoms with Gasteiger partial charge in [-0.15, -0.1) is 5.10 Å². The summed E-state index contributed by atoms with van der Waals surface area (Å²) < 4.78 is 13.8. The Hall–Kier alpha value is -3.10. The van der Waals surface area contributed by atoms with Gasteiger partial charge in [-0.1, -0.05) is 12.1 Å².